The summed E-state index contributed by atoms with van der Waals surface area (Å²) in [5.41, 5.74) is 7.64. The zero-order valence-electron chi connectivity index (χ0n) is 17.5. The molecule has 0 saturated carbocycles. The Hall–Kier alpha value is -3.11. The van der Waals surface area contributed by atoms with Crippen LogP contribution < -0.4 is 10.1 Å². The molecule has 30 heavy (non-hydrogen) atoms. The van der Waals surface area contributed by atoms with Gasteiger partial charge in [0, 0.05) is 46.5 Å². The van der Waals surface area contributed by atoms with Crippen LogP contribution in [0.15, 0.2) is 66.9 Å². The van der Waals surface area contributed by atoms with Crippen molar-refractivity contribution in [1.29, 1.82) is 0 Å². The molecule has 4 heteroatoms. The third-order valence-corrected chi connectivity index (χ3v) is 6.24. The first-order chi connectivity index (χ1) is 14.7. The van der Waals surface area contributed by atoms with Crippen molar-refractivity contribution in [2.75, 3.05) is 7.11 Å². The van der Waals surface area contributed by atoms with Crippen LogP contribution in [0.2, 0.25) is 0 Å². The summed E-state index contributed by atoms with van der Waals surface area (Å²) in [6.07, 6.45) is 5.36. The largest absolute Gasteiger partial charge is 0.481 e. The number of hydrogen-bond donors (Lipinski definition) is 2. The molecule has 152 valence electrons. The van der Waals surface area contributed by atoms with Crippen molar-refractivity contribution < 1.29 is 4.74 Å². The topological polar surface area (TPSA) is 49.9 Å². The van der Waals surface area contributed by atoms with E-state index in [1.807, 2.05) is 12.3 Å². The van der Waals surface area contributed by atoms with E-state index in [9.17, 15) is 0 Å². The van der Waals surface area contributed by atoms with Gasteiger partial charge in [0.15, 0.2) is 0 Å². The average molecular weight is 398 g/mol. The molecule has 0 aliphatic heterocycles. The van der Waals surface area contributed by atoms with Gasteiger partial charge in [0.25, 0.3) is 0 Å². The van der Waals surface area contributed by atoms with E-state index in [2.05, 4.69) is 76.8 Å². The van der Waals surface area contributed by atoms with Crippen LogP contribution in [-0.2, 0) is 6.42 Å². The zero-order valence-corrected chi connectivity index (χ0v) is 17.5. The molecule has 4 aromatic rings. The highest BCUT2D eigenvalue weighted by atomic mass is 16.5. The Morgan fingerprint density at radius 2 is 1.90 bits per heavy atom. The van der Waals surface area contributed by atoms with Crippen molar-refractivity contribution in [3.63, 3.8) is 0 Å². The van der Waals surface area contributed by atoms with Crippen molar-refractivity contribution in [2.45, 2.75) is 38.3 Å². The maximum absolute atomic E-state index is 5.19. The summed E-state index contributed by atoms with van der Waals surface area (Å²) >= 11 is 0. The summed E-state index contributed by atoms with van der Waals surface area (Å²) in [6, 6.07) is 22.0. The molecule has 0 bridgehead atoms. The number of H-pyrrole nitrogens is 1. The van der Waals surface area contributed by atoms with Gasteiger partial charge in [-0.2, -0.15) is 0 Å². The Morgan fingerprint density at radius 1 is 1.07 bits per heavy atom. The van der Waals surface area contributed by atoms with Gasteiger partial charge in [0.1, 0.15) is 0 Å². The van der Waals surface area contributed by atoms with Crippen LogP contribution in [0.25, 0.3) is 22.0 Å². The van der Waals surface area contributed by atoms with Crippen molar-refractivity contribution in [3.05, 3.63) is 83.7 Å². The average Bonchev–Trinajstić information content (AvgIpc) is 3.19. The molecule has 2 atom stereocenters. The summed E-state index contributed by atoms with van der Waals surface area (Å²) in [6.45, 7) is 2.25. The number of hydrogen-bond acceptors (Lipinski definition) is 3. The molecule has 0 fully saturated rings. The highest BCUT2D eigenvalue weighted by molar-refractivity contribution is 5.89. The molecule has 2 aromatic carbocycles. The first-order valence-corrected chi connectivity index (χ1v) is 10.7. The van der Waals surface area contributed by atoms with Crippen LogP contribution >= 0.6 is 0 Å². The second kappa shape index (κ2) is 7.96. The van der Waals surface area contributed by atoms with E-state index in [1.165, 1.54) is 39.7 Å². The SMILES string of the molecule is COc1ccc(-c2ccc3[nH]c4c(c3c2)CCC[C@H]4N[C@H](C)c2ccccc2)cn1. The zero-order chi connectivity index (χ0) is 20.5. The van der Waals surface area contributed by atoms with E-state index in [0.29, 0.717) is 18.0 Å². The number of nitrogens with one attached hydrogen (secondary N) is 2. The molecular formula is C26H27N3O. The minimum atomic E-state index is 0.314. The van der Waals surface area contributed by atoms with Crippen LogP contribution in [0.5, 0.6) is 5.88 Å². The van der Waals surface area contributed by atoms with Gasteiger partial charge in [0.05, 0.1) is 7.11 Å². The van der Waals surface area contributed by atoms with Gasteiger partial charge < -0.3 is 15.0 Å². The lowest BCUT2D eigenvalue weighted by Gasteiger charge is -2.27. The Kier molecular flexibility index (Phi) is 5.01. The van der Waals surface area contributed by atoms with Gasteiger partial charge in [0.2, 0.25) is 5.88 Å². The molecule has 0 radical (unpaired) electrons. The first-order valence-electron chi connectivity index (χ1n) is 10.7. The second-order valence-corrected chi connectivity index (χ2v) is 8.11. The van der Waals surface area contributed by atoms with Gasteiger partial charge >= 0.3 is 0 Å². The molecule has 2 heterocycles. The standard InChI is InChI=1S/C26H27N3O/c1-17(18-7-4-3-5-8-18)28-24-10-6-9-21-22-15-19(11-13-23(22)29-26(21)24)20-12-14-25(30-2)27-16-20/h3-5,7-8,11-17,24,28-29H,6,9-10H2,1-2H3/t17-,24-/m1/s1. The van der Waals surface area contributed by atoms with E-state index in [-0.39, 0.29) is 0 Å². The first kappa shape index (κ1) is 18.9. The number of pyridine rings is 1. The molecule has 4 nitrogen and oxygen atoms in total. The Bertz CT molecular complexity index is 1150. The van der Waals surface area contributed by atoms with Crippen molar-refractivity contribution in [1.82, 2.24) is 15.3 Å². The van der Waals surface area contributed by atoms with Gasteiger partial charge in [-0.05, 0) is 61.1 Å². The lowest BCUT2D eigenvalue weighted by Crippen LogP contribution is -2.27. The van der Waals surface area contributed by atoms with Crippen LogP contribution in [0.3, 0.4) is 0 Å². The van der Waals surface area contributed by atoms with Crippen LogP contribution in [0.4, 0.5) is 0 Å². The number of aryl methyl sites for hydroxylation is 1. The quantitative estimate of drug-likeness (QED) is 0.436. The molecule has 2 aromatic heterocycles. The molecule has 0 saturated heterocycles. The fraction of sp³-hybridized carbons (Fsp3) is 0.269. The highest BCUT2D eigenvalue weighted by Gasteiger charge is 2.25. The Labute approximate surface area is 177 Å². The van der Waals surface area contributed by atoms with E-state index in [1.54, 1.807) is 7.11 Å². The second-order valence-electron chi connectivity index (χ2n) is 8.11. The number of fused-ring (bicyclic) bond motifs is 3. The number of methoxy groups -OCH3 is 1. The monoisotopic (exact) mass is 397 g/mol. The van der Waals surface area contributed by atoms with Gasteiger partial charge in [-0.15, -0.1) is 0 Å². The number of benzene rings is 2. The summed E-state index contributed by atoms with van der Waals surface area (Å²) in [7, 11) is 1.64. The van der Waals surface area contributed by atoms with Crippen LogP contribution in [-0.4, -0.2) is 17.1 Å². The minimum Gasteiger partial charge on any atom is -0.481 e. The van der Waals surface area contributed by atoms with Crippen LogP contribution in [0, 0.1) is 0 Å². The molecule has 0 amide bonds. The predicted molar refractivity (Wildman–Crippen MR) is 122 cm³/mol. The summed E-state index contributed by atoms with van der Waals surface area (Å²) in [4.78, 5) is 8.08. The van der Waals surface area contributed by atoms with E-state index < -0.39 is 0 Å². The fourth-order valence-electron chi connectivity index (χ4n) is 4.62. The molecular weight excluding hydrogens is 370 g/mol. The van der Waals surface area contributed by atoms with Gasteiger partial charge in [-0.25, -0.2) is 4.98 Å². The third-order valence-electron chi connectivity index (χ3n) is 6.24. The van der Waals surface area contributed by atoms with E-state index in [4.69, 9.17) is 4.74 Å². The predicted octanol–water partition coefficient (Wildman–Crippen LogP) is 5.97. The molecule has 1 aliphatic rings. The van der Waals surface area contributed by atoms with Gasteiger partial charge in [-0.3, -0.25) is 0 Å². The lowest BCUT2D eigenvalue weighted by molar-refractivity contribution is 0.398. The normalized spacial score (nSPS) is 16.9. The van der Waals surface area contributed by atoms with Crippen LogP contribution in [0.1, 0.15) is 48.7 Å². The number of aromatic amines is 1. The lowest BCUT2D eigenvalue weighted by atomic mass is 9.90. The van der Waals surface area contributed by atoms with Crippen molar-refractivity contribution >= 4 is 10.9 Å². The van der Waals surface area contributed by atoms with Crippen molar-refractivity contribution in [3.8, 4) is 17.0 Å². The van der Waals surface area contributed by atoms with E-state index >= 15 is 0 Å². The Balaban J connectivity index is 1.47. The van der Waals surface area contributed by atoms with Crippen molar-refractivity contribution in [2.24, 2.45) is 0 Å². The minimum absolute atomic E-state index is 0.314. The van der Waals surface area contributed by atoms with Gasteiger partial charge in [-0.1, -0.05) is 36.4 Å². The number of ether oxygens (including phenoxy) is 1. The molecule has 1 aliphatic carbocycles. The number of rotatable bonds is 5. The van der Waals surface area contributed by atoms with E-state index in [0.717, 1.165) is 18.4 Å². The fourth-order valence-corrected chi connectivity index (χ4v) is 4.62. The maximum Gasteiger partial charge on any atom is 0.212 e. The molecule has 0 unspecified atom stereocenters. The maximum atomic E-state index is 5.19. The summed E-state index contributed by atoms with van der Waals surface area (Å²) < 4.78 is 5.19. The third kappa shape index (κ3) is 3.48. The Morgan fingerprint density at radius 3 is 2.67 bits per heavy atom. The number of nitrogens with zero attached hydrogens (tertiary/aromatic N) is 1. The smallest absolute Gasteiger partial charge is 0.212 e. The highest BCUT2D eigenvalue weighted by Crippen LogP contribution is 2.37. The molecule has 0 spiro atoms. The molecule has 2 N–H and O–H groups in total. The summed E-state index contributed by atoms with van der Waals surface area (Å²) in [5, 5.41) is 5.19. The number of aromatic nitrogens is 2. The summed E-state index contributed by atoms with van der Waals surface area (Å²) in [5.74, 6) is 0.639. The molecule has 5 rings (SSSR count).